The molecule has 0 aromatic heterocycles. The first kappa shape index (κ1) is 13.2. The van der Waals surface area contributed by atoms with Gasteiger partial charge in [-0.15, -0.1) is 11.6 Å². The zero-order chi connectivity index (χ0) is 10.3. The average molecular weight is 272 g/mol. The molecule has 0 aliphatic rings. The van der Waals surface area contributed by atoms with Gasteiger partial charge in [0.05, 0.1) is 6.61 Å². The van der Waals surface area contributed by atoms with E-state index < -0.39 is 5.38 Å². The number of halogens is 2. The normalized spacial score (nSPS) is 13.0. The Labute approximate surface area is 93.1 Å². The lowest BCUT2D eigenvalue weighted by Gasteiger charge is -2.08. The van der Waals surface area contributed by atoms with Gasteiger partial charge in [-0.3, -0.25) is 4.79 Å². The largest absolute Gasteiger partial charge is 0.465 e. The van der Waals surface area contributed by atoms with Gasteiger partial charge in [-0.1, -0.05) is 29.8 Å². The fourth-order valence-corrected chi connectivity index (χ4v) is 1.15. The predicted molar refractivity (Wildman–Crippen MR) is 58.5 cm³/mol. The van der Waals surface area contributed by atoms with Gasteiger partial charge >= 0.3 is 5.97 Å². The average Bonchev–Trinajstić information content (AvgIpc) is 2.10. The summed E-state index contributed by atoms with van der Waals surface area (Å²) in [7, 11) is 0. The molecule has 78 valence electrons. The first-order valence-corrected chi connectivity index (χ1v) is 6.00. The van der Waals surface area contributed by atoms with Crippen LogP contribution in [0.4, 0.5) is 0 Å². The molecule has 0 bridgehead atoms. The summed E-state index contributed by atoms with van der Waals surface area (Å²) in [6.45, 7) is 4.77. The van der Waals surface area contributed by atoms with Gasteiger partial charge in [-0.05, 0) is 18.8 Å². The second kappa shape index (κ2) is 7.63. The molecule has 0 radical (unpaired) electrons. The van der Waals surface area contributed by atoms with E-state index in [1.165, 1.54) is 0 Å². The second-order valence-corrected chi connectivity index (χ2v) is 4.50. The molecule has 4 heteroatoms. The Morgan fingerprint density at radius 2 is 2.15 bits per heavy atom. The summed E-state index contributed by atoms with van der Waals surface area (Å²) < 4.78 is 4.94. The molecular weight excluding hydrogens is 255 g/mol. The third kappa shape index (κ3) is 7.32. The minimum Gasteiger partial charge on any atom is -0.465 e. The highest BCUT2D eigenvalue weighted by molar-refractivity contribution is 9.09. The molecule has 13 heavy (non-hydrogen) atoms. The predicted octanol–water partition coefficient (Wildman–Crippen LogP) is 2.97. The first-order valence-electron chi connectivity index (χ1n) is 4.44. The Balaban J connectivity index is 3.37. The highest BCUT2D eigenvalue weighted by atomic mass is 79.9. The van der Waals surface area contributed by atoms with Crippen molar-refractivity contribution >= 4 is 33.5 Å². The fraction of sp³-hybridized carbons (Fsp3) is 0.889. The van der Waals surface area contributed by atoms with Crippen LogP contribution < -0.4 is 0 Å². The van der Waals surface area contributed by atoms with Crippen LogP contribution in [0.1, 0.15) is 26.7 Å². The maximum absolute atomic E-state index is 11.0. The molecule has 1 atom stereocenters. The highest BCUT2D eigenvalue weighted by Crippen LogP contribution is 2.06. The smallest absolute Gasteiger partial charge is 0.324 e. The SMILES string of the molecule is CC(C)CCCOC(=O)C(Cl)CBr. The minimum absolute atomic E-state index is 0.331. The van der Waals surface area contributed by atoms with Crippen molar-refractivity contribution in [3.63, 3.8) is 0 Å². The highest BCUT2D eigenvalue weighted by Gasteiger charge is 2.14. The van der Waals surface area contributed by atoms with Crippen LogP contribution in [0, 0.1) is 5.92 Å². The Bertz CT molecular complexity index is 151. The molecule has 1 unspecified atom stereocenters. The lowest BCUT2D eigenvalue weighted by atomic mass is 10.1. The summed E-state index contributed by atoms with van der Waals surface area (Å²) in [5, 5.41) is -0.114. The number of carbonyl (C=O) groups excluding carboxylic acids is 1. The molecule has 2 nitrogen and oxygen atoms in total. The van der Waals surface area contributed by atoms with Crippen LogP contribution in [0.3, 0.4) is 0 Å². The van der Waals surface area contributed by atoms with E-state index in [1.807, 2.05) is 0 Å². The van der Waals surface area contributed by atoms with Crippen LogP contribution in [0.15, 0.2) is 0 Å². The van der Waals surface area contributed by atoms with Gasteiger partial charge in [0.1, 0.15) is 5.38 Å². The van der Waals surface area contributed by atoms with Gasteiger partial charge in [0.2, 0.25) is 0 Å². The van der Waals surface area contributed by atoms with Gasteiger partial charge in [0, 0.05) is 5.33 Å². The van der Waals surface area contributed by atoms with Crippen molar-refractivity contribution in [3.8, 4) is 0 Å². The molecule has 0 spiro atoms. The van der Waals surface area contributed by atoms with Crippen LogP contribution in [-0.2, 0) is 9.53 Å². The number of hydrogen-bond acceptors (Lipinski definition) is 2. The number of esters is 1. The summed E-state index contributed by atoms with van der Waals surface area (Å²) in [6.07, 6.45) is 1.99. The van der Waals surface area contributed by atoms with E-state index in [4.69, 9.17) is 16.3 Å². The van der Waals surface area contributed by atoms with E-state index in [1.54, 1.807) is 0 Å². The summed E-state index contributed by atoms with van der Waals surface area (Å²) in [6, 6.07) is 0. The standard InChI is InChI=1S/C9H16BrClO2/c1-7(2)4-3-5-13-9(12)8(11)6-10/h7-8H,3-6H2,1-2H3. The molecular formula is C9H16BrClO2. The lowest BCUT2D eigenvalue weighted by molar-refractivity contribution is -0.142. The summed E-state index contributed by atoms with van der Waals surface area (Å²) in [5.74, 6) is 0.323. The molecule has 0 aliphatic heterocycles. The number of alkyl halides is 2. The van der Waals surface area contributed by atoms with Gasteiger partial charge < -0.3 is 4.74 Å². The van der Waals surface area contributed by atoms with Crippen LogP contribution in [0.25, 0.3) is 0 Å². The van der Waals surface area contributed by atoms with Gasteiger partial charge in [0.25, 0.3) is 0 Å². The van der Waals surface area contributed by atoms with Gasteiger partial charge in [-0.25, -0.2) is 0 Å². The number of rotatable bonds is 6. The van der Waals surface area contributed by atoms with E-state index in [0.717, 1.165) is 12.8 Å². The maximum Gasteiger partial charge on any atom is 0.324 e. The van der Waals surface area contributed by atoms with Crippen molar-refractivity contribution < 1.29 is 9.53 Å². The van der Waals surface area contributed by atoms with Crippen LogP contribution >= 0.6 is 27.5 Å². The molecule has 0 saturated carbocycles. The Kier molecular flexibility index (Phi) is 7.77. The minimum atomic E-state index is -0.556. The molecule has 0 fully saturated rings. The number of carbonyl (C=O) groups is 1. The molecule has 0 heterocycles. The van der Waals surface area contributed by atoms with E-state index in [-0.39, 0.29) is 5.97 Å². The van der Waals surface area contributed by atoms with Crippen molar-refractivity contribution in [2.45, 2.75) is 32.1 Å². The Morgan fingerprint density at radius 3 is 2.62 bits per heavy atom. The van der Waals surface area contributed by atoms with Crippen molar-refractivity contribution in [2.75, 3.05) is 11.9 Å². The van der Waals surface area contributed by atoms with E-state index in [2.05, 4.69) is 29.8 Å². The van der Waals surface area contributed by atoms with E-state index in [0.29, 0.717) is 17.9 Å². The zero-order valence-electron chi connectivity index (χ0n) is 8.06. The monoisotopic (exact) mass is 270 g/mol. The van der Waals surface area contributed by atoms with E-state index in [9.17, 15) is 4.79 Å². The molecule has 0 saturated heterocycles. The maximum atomic E-state index is 11.0. The van der Waals surface area contributed by atoms with Gasteiger partial charge in [0.15, 0.2) is 0 Å². The summed E-state index contributed by atoms with van der Waals surface area (Å²) >= 11 is 8.75. The molecule has 0 N–H and O–H groups in total. The fourth-order valence-electron chi connectivity index (χ4n) is 0.818. The zero-order valence-corrected chi connectivity index (χ0v) is 10.4. The Hall–Kier alpha value is 0.240. The third-order valence-corrected chi connectivity index (χ3v) is 2.91. The molecule has 0 aromatic carbocycles. The molecule has 0 amide bonds. The molecule has 0 rings (SSSR count). The first-order chi connectivity index (χ1) is 6.07. The van der Waals surface area contributed by atoms with E-state index >= 15 is 0 Å². The number of ether oxygens (including phenoxy) is 1. The number of hydrogen-bond donors (Lipinski definition) is 0. The molecule has 0 aliphatic carbocycles. The van der Waals surface area contributed by atoms with Crippen LogP contribution in [-0.4, -0.2) is 23.3 Å². The third-order valence-electron chi connectivity index (χ3n) is 1.56. The molecule has 0 aromatic rings. The van der Waals surface area contributed by atoms with Crippen molar-refractivity contribution in [1.82, 2.24) is 0 Å². The van der Waals surface area contributed by atoms with Crippen molar-refractivity contribution in [1.29, 1.82) is 0 Å². The lowest BCUT2D eigenvalue weighted by Crippen LogP contribution is -2.19. The van der Waals surface area contributed by atoms with Crippen LogP contribution in [0.5, 0.6) is 0 Å². The summed E-state index contributed by atoms with van der Waals surface area (Å²) in [4.78, 5) is 11.0. The topological polar surface area (TPSA) is 26.3 Å². The second-order valence-electron chi connectivity index (χ2n) is 3.33. The van der Waals surface area contributed by atoms with Gasteiger partial charge in [-0.2, -0.15) is 0 Å². The Morgan fingerprint density at radius 1 is 1.54 bits per heavy atom. The van der Waals surface area contributed by atoms with Crippen molar-refractivity contribution in [2.24, 2.45) is 5.92 Å². The summed E-state index contributed by atoms with van der Waals surface area (Å²) in [5.41, 5.74) is 0. The quantitative estimate of drug-likeness (QED) is 0.422. The van der Waals surface area contributed by atoms with Crippen LogP contribution in [0.2, 0.25) is 0 Å². The van der Waals surface area contributed by atoms with Crippen molar-refractivity contribution in [3.05, 3.63) is 0 Å².